The van der Waals surface area contributed by atoms with Gasteiger partial charge in [-0.05, 0) is 27.2 Å². The van der Waals surface area contributed by atoms with Crippen molar-refractivity contribution < 1.29 is 0 Å². The van der Waals surface area contributed by atoms with E-state index in [0.29, 0.717) is 0 Å². The maximum absolute atomic E-state index is 2.18. The van der Waals surface area contributed by atoms with Gasteiger partial charge in [0, 0.05) is 0 Å². The molecule has 0 aliphatic rings. The van der Waals surface area contributed by atoms with Gasteiger partial charge in [0.1, 0.15) is 0 Å². The lowest BCUT2D eigenvalue weighted by atomic mass is 10.2. The minimum atomic E-state index is 1.16. The largest absolute Gasteiger partial charge is 0.0764 e. The van der Waals surface area contributed by atoms with Crippen molar-refractivity contribution in [3.8, 4) is 0 Å². The van der Waals surface area contributed by atoms with E-state index in [1.807, 2.05) is 27.7 Å². The summed E-state index contributed by atoms with van der Waals surface area (Å²) in [7, 11) is 0. The molecule has 0 nitrogen and oxygen atoms in total. The average Bonchev–Trinajstić information content (AvgIpc) is 2.20. The van der Waals surface area contributed by atoms with E-state index in [1.165, 1.54) is 11.1 Å². The van der Waals surface area contributed by atoms with Crippen LogP contribution in [0.5, 0.6) is 0 Å². The van der Waals surface area contributed by atoms with E-state index in [-0.39, 0.29) is 0 Å². The van der Waals surface area contributed by atoms with Gasteiger partial charge in [0.25, 0.3) is 0 Å². The first-order chi connectivity index (χ1) is 6.16. The molecule has 0 rings (SSSR count). The van der Waals surface area contributed by atoms with Crippen molar-refractivity contribution in [3.05, 3.63) is 23.3 Å². The van der Waals surface area contributed by atoms with Crippen LogP contribution in [-0.4, -0.2) is 0 Å². The summed E-state index contributed by atoms with van der Waals surface area (Å²) in [6.07, 6.45) is 5.48. The molecule has 0 aromatic heterocycles. The Labute approximate surface area is 85.8 Å². The third kappa shape index (κ3) is 24.6. The Morgan fingerprint density at radius 1 is 0.846 bits per heavy atom. The first kappa shape index (κ1) is 18.3. The van der Waals surface area contributed by atoms with Crippen LogP contribution in [0.3, 0.4) is 0 Å². The van der Waals surface area contributed by atoms with E-state index in [4.69, 9.17) is 0 Å². The zero-order valence-electron chi connectivity index (χ0n) is 10.9. The van der Waals surface area contributed by atoms with E-state index in [0.717, 1.165) is 6.42 Å². The fourth-order valence-corrected chi connectivity index (χ4v) is 0.427. The van der Waals surface area contributed by atoms with Crippen LogP contribution < -0.4 is 0 Å². The summed E-state index contributed by atoms with van der Waals surface area (Å²) in [4.78, 5) is 0. The summed E-state index contributed by atoms with van der Waals surface area (Å²) in [6, 6.07) is 0. The van der Waals surface area contributed by atoms with Crippen LogP contribution in [0.25, 0.3) is 0 Å². The Morgan fingerprint density at radius 3 is 1.46 bits per heavy atom. The first-order valence-electron chi connectivity index (χ1n) is 5.47. The fourth-order valence-electron chi connectivity index (χ4n) is 0.427. The Morgan fingerprint density at radius 2 is 1.23 bits per heavy atom. The molecule has 0 saturated heterocycles. The Bertz CT molecular complexity index is 123. The van der Waals surface area contributed by atoms with E-state index in [2.05, 4.69) is 39.8 Å². The van der Waals surface area contributed by atoms with Crippen LogP contribution in [0.1, 0.15) is 61.8 Å². The lowest BCUT2D eigenvalue weighted by Crippen LogP contribution is -1.68. The van der Waals surface area contributed by atoms with Gasteiger partial charge in [-0.15, -0.1) is 0 Å². The number of allylic oxidation sites excluding steroid dienone is 4. The van der Waals surface area contributed by atoms with Crippen LogP contribution in [0.4, 0.5) is 0 Å². The highest BCUT2D eigenvalue weighted by molar-refractivity contribution is 5.13. The summed E-state index contributed by atoms with van der Waals surface area (Å²) in [5.74, 6) is 0. The van der Waals surface area contributed by atoms with Crippen LogP contribution in [0, 0.1) is 0 Å². The first-order valence-corrected chi connectivity index (χ1v) is 5.47. The topological polar surface area (TPSA) is 0 Å². The molecule has 0 radical (unpaired) electrons. The van der Waals surface area contributed by atoms with Gasteiger partial charge in [0.05, 0.1) is 0 Å². The van der Waals surface area contributed by atoms with Crippen molar-refractivity contribution in [2.75, 3.05) is 0 Å². The van der Waals surface area contributed by atoms with Crippen LogP contribution in [0.2, 0.25) is 0 Å². The molecule has 0 atom stereocenters. The molecule has 80 valence electrons. The van der Waals surface area contributed by atoms with Crippen molar-refractivity contribution >= 4 is 0 Å². The molecule has 13 heavy (non-hydrogen) atoms. The quantitative estimate of drug-likeness (QED) is 0.507. The van der Waals surface area contributed by atoms with Gasteiger partial charge in [-0.3, -0.25) is 0 Å². The number of hydrogen-bond donors (Lipinski definition) is 0. The molecule has 0 aliphatic heterocycles. The zero-order valence-corrected chi connectivity index (χ0v) is 10.9. The van der Waals surface area contributed by atoms with Crippen molar-refractivity contribution in [2.45, 2.75) is 61.8 Å². The maximum atomic E-state index is 2.18. The molecule has 0 heteroatoms. The van der Waals surface area contributed by atoms with E-state index >= 15 is 0 Å². The van der Waals surface area contributed by atoms with Gasteiger partial charge in [0.2, 0.25) is 0 Å². The van der Waals surface area contributed by atoms with Crippen LogP contribution >= 0.6 is 0 Å². The van der Waals surface area contributed by atoms with Gasteiger partial charge in [0.15, 0.2) is 0 Å². The van der Waals surface area contributed by atoms with Gasteiger partial charge in [-0.25, -0.2) is 0 Å². The third-order valence-electron chi connectivity index (χ3n) is 1.26. The van der Waals surface area contributed by atoms with E-state index in [9.17, 15) is 0 Å². The molecule has 0 amide bonds. The average molecular weight is 184 g/mol. The van der Waals surface area contributed by atoms with Crippen molar-refractivity contribution in [1.82, 2.24) is 0 Å². The predicted octanol–water partition coefficient (Wildman–Crippen LogP) is 5.36. The van der Waals surface area contributed by atoms with Crippen molar-refractivity contribution in [3.63, 3.8) is 0 Å². The Hall–Kier alpha value is -0.520. The highest BCUT2D eigenvalue weighted by Gasteiger charge is 1.78. The molecular weight excluding hydrogens is 156 g/mol. The summed E-state index contributed by atoms with van der Waals surface area (Å²) >= 11 is 0. The molecule has 0 saturated carbocycles. The summed E-state index contributed by atoms with van der Waals surface area (Å²) in [5.41, 5.74) is 2.80. The molecule has 0 fully saturated rings. The molecule has 0 heterocycles. The maximum Gasteiger partial charge on any atom is -0.0349 e. The normalized spacial score (nSPS) is 8.77. The Kier molecular flexibility index (Phi) is 24.7. The summed E-state index contributed by atoms with van der Waals surface area (Å²) < 4.78 is 0. The second-order valence-electron chi connectivity index (χ2n) is 2.61. The van der Waals surface area contributed by atoms with Gasteiger partial charge in [-0.2, -0.15) is 0 Å². The molecule has 0 bridgehead atoms. The second-order valence-corrected chi connectivity index (χ2v) is 2.61. The van der Waals surface area contributed by atoms with Crippen LogP contribution in [0.15, 0.2) is 23.3 Å². The lowest BCUT2D eigenvalue weighted by molar-refractivity contribution is 1.10. The third-order valence-corrected chi connectivity index (χ3v) is 1.26. The van der Waals surface area contributed by atoms with E-state index in [1.54, 1.807) is 0 Å². The summed E-state index contributed by atoms with van der Waals surface area (Å²) in [5, 5.41) is 0. The highest BCUT2D eigenvalue weighted by Crippen LogP contribution is 1.99. The van der Waals surface area contributed by atoms with E-state index < -0.39 is 0 Å². The minimum Gasteiger partial charge on any atom is -0.0764 e. The summed E-state index contributed by atoms with van der Waals surface area (Å²) in [6.45, 7) is 16.5. The molecule has 0 aliphatic carbocycles. The van der Waals surface area contributed by atoms with Gasteiger partial charge < -0.3 is 0 Å². The van der Waals surface area contributed by atoms with Crippen molar-refractivity contribution in [1.29, 1.82) is 0 Å². The molecule has 0 aromatic carbocycles. The second kappa shape index (κ2) is 17.5. The zero-order chi connectivity index (χ0) is 11.3. The molecular formula is C13H28. The SMILES string of the molecule is CC.CC.CC/C(C)=C/C=C(C)C. The monoisotopic (exact) mass is 184 g/mol. The standard InChI is InChI=1S/C9H16.2C2H6/c1-5-9(4)7-6-8(2)3;2*1-2/h6-7H,5H2,1-4H3;2*1-2H3/b9-7+;;. The number of rotatable bonds is 2. The lowest BCUT2D eigenvalue weighted by Gasteiger charge is -1.89. The number of hydrogen-bond acceptors (Lipinski definition) is 0. The molecule has 0 spiro atoms. The molecule has 0 aromatic rings. The Balaban J connectivity index is -0.000000218. The molecule has 0 N–H and O–H groups in total. The van der Waals surface area contributed by atoms with Gasteiger partial charge in [-0.1, -0.05) is 57.9 Å². The fraction of sp³-hybridized carbons (Fsp3) is 0.692. The van der Waals surface area contributed by atoms with Gasteiger partial charge >= 0.3 is 0 Å². The minimum absolute atomic E-state index is 1.16. The highest BCUT2D eigenvalue weighted by atomic mass is 13.9. The van der Waals surface area contributed by atoms with Crippen molar-refractivity contribution in [2.24, 2.45) is 0 Å². The smallest absolute Gasteiger partial charge is 0.0349 e. The predicted molar refractivity (Wildman–Crippen MR) is 66.2 cm³/mol. The van der Waals surface area contributed by atoms with Crippen LogP contribution in [-0.2, 0) is 0 Å². The molecule has 0 unspecified atom stereocenters.